The van der Waals surface area contributed by atoms with Gasteiger partial charge < -0.3 is 10.1 Å². The molecule has 0 saturated carbocycles. The Hall–Kier alpha value is -2.54. The number of anilines is 2. The first kappa shape index (κ1) is 19.8. The average Bonchev–Trinajstić information content (AvgIpc) is 2.57. The number of carbonyl (C=O) groups is 1. The van der Waals surface area contributed by atoms with Crippen molar-refractivity contribution in [3.63, 3.8) is 0 Å². The fraction of sp³-hybridized carbons (Fsp3) is 0.316. The highest BCUT2D eigenvalue weighted by Crippen LogP contribution is 2.22. The van der Waals surface area contributed by atoms with Crippen LogP contribution >= 0.6 is 0 Å². The highest BCUT2D eigenvalue weighted by Gasteiger charge is 2.29. The molecule has 26 heavy (non-hydrogen) atoms. The molecule has 0 aliphatic heterocycles. The summed E-state index contributed by atoms with van der Waals surface area (Å²) in [5, 5.41) is 2.74. The molecule has 1 amide bonds. The van der Waals surface area contributed by atoms with Gasteiger partial charge in [0.1, 0.15) is 11.8 Å². The second-order valence-electron chi connectivity index (χ2n) is 6.02. The van der Waals surface area contributed by atoms with Gasteiger partial charge in [-0.2, -0.15) is 0 Å². The van der Waals surface area contributed by atoms with E-state index in [0.717, 1.165) is 16.1 Å². The first-order valence-electron chi connectivity index (χ1n) is 8.32. The van der Waals surface area contributed by atoms with Crippen LogP contribution in [0.15, 0.2) is 48.5 Å². The molecule has 0 heterocycles. The summed E-state index contributed by atoms with van der Waals surface area (Å²) in [7, 11) is -3.63. The Bertz CT molecular complexity index is 846. The Balaban J connectivity index is 2.20. The van der Waals surface area contributed by atoms with Crippen LogP contribution in [0, 0.1) is 6.92 Å². The molecule has 2 aromatic carbocycles. The Morgan fingerprint density at radius 2 is 1.69 bits per heavy atom. The number of nitrogens with one attached hydrogen (secondary N) is 1. The molecule has 1 N–H and O–H groups in total. The van der Waals surface area contributed by atoms with Gasteiger partial charge in [0.15, 0.2) is 0 Å². The lowest BCUT2D eigenvalue weighted by atomic mass is 10.2. The summed E-state index contributed by atoms with van der Waals surface area (Å²) >= 11 is 0. The Kier molecular flexibility index (Phi) is 6.26. The SMILES string of the molecule is CCOc1ccc(NC(=O)C(C)N(c2ccc(C)cc2)S(C)(=O)=O)cc1. The maximum absolute atomic E-state index is 12.6. The fourth-order valence-corrected chi connectivity index (χ4v) is 3.72. The van der Waals surface area contributed by atoms with Crippen molar-refractivity contribution in [3.8, 4) is 5.75 Å². The number of amides is 1. The molecule has 2 rings (SSSR count). The van der Waals surface area contributed by atoms with Crippen LogP contribution in [0.4, 0.5) is 11.4 Å². The number of carbonyl (C=O) groups excluding carboxylic acids is 1. The highest BCUT2D eigenvalue weighted by molar-refractivity contribution is 7.92. The number of rotatable bonds is 7. The molecule has 7 heteroatoms. The number of hydrogen-bond donors (Lipinski definition) is 1. The van der Waals surface area contributed by atoms with Crippen LogP contribution < -0.4 is 14.4 Å². The monoisotopic (exact) mass is 376 g/mol. The van der Waals surface area contributed by atoms with Crippen LogP contribution in [-0.4, -0.2) is 33.2 Å². The van der Waals surface area contributed by atoms with Crippen LogP contribution in [0.1, 0.15) is 19.4 Å². The van der Waals surface area contributed by atoms with E-state index in [1.807, 2.05) is 26.0 Å². The van der Waals surface area contributed by atoms with E-state index in [9.17, 15) is 13.2 Å². The van der Waals surface area contributed by atoms with E-state index in [0.29, 0.717) is 23.7 Å². The van der Waals surface area contributed by atoms with Crippen molar-refractivity contribution in [2.75, 3.05) is 22.5 Å². The summed E-state index contributed by atoms with van der Waals surface area (Å²) < 4.78 is 31.0. The number of ether oxygens (including phenoxy) is 1. The Morgan fingerprint density at radius 3 is 2.19 bits per heavy atom. The first-order chi connectivity index (χ1) is 12.2. The summed E-state index contributed by atoms with van der Waals surface area (Å²) in [6, 6.07) is 13.0. The molecule has 1 atom stereocenters. The number of sulfonamides is 1. The van der Waals surface area contributed by atoms with Gasteiger partial charge in [-0.3, -0.25) is 9.10 Å². The van der Waals surface area contributed by atoms with Crippen molar-refractivity contribution >= 4 is 27.3 Å². The van der Waals surface area contributed by atoms with E-state index in [-0.39, 0.29) is 0 Å². The predicted octanol–water partition coefficient (Wildman–Crippen LogP) is 3.19. The molecule has 0 radical (unpaired) electrons. The van der Waals surface area contributed by atoms with Crippen molar-refractivity contribution in [1.82, 2.24) is 0 Å². The van der Waals surface area contributed by atoms with Crippen LogP contribution in [-0.2, 0) is 14.8 Å². The van der Waals surface area contributed by atoms with Gasteiger partial charge in [0.05, 0.1) is 18.6 Å². The molecule has 0 bridgehead atoms. The molecule has 140 valence electrons. The molecular weight excluding hydrogens is 352 g/mol. The summed E-state index contributed by atoms with van der Waals surface area (Å²) in [6.07, 6.45) is 1.09. The molecule has 0 aliphatic carbocycles. The quantitative estimate of drug-likeness (QED) is 0.805. The number of aryl methyl sites for hydroxylation is 1. The van der Waals surface area contributed by atoms with E-state index in [1.165, 1.54) is 0 Å². The molecular formula is C19H24N2O4S. The normalized spacial score (nSPS) is 12.3. The molecule has 1 unspecified atom stereocenters. The first-order valence-corrected chi connectivity index (χ1v) is 10.2. The smallest absolute Gasteiger partial charge is 0.247 e. The molecule has 2 aromatic rings. The molecule has 0 spiro atoms. The number of benzene rings is 2. The summed E-state index contributed by atoms with van der Waals surface area (Å²) in [6.45, 7) is 5.92. The fourth-order valence-electron chi connectivity index (χ4n) is 2.55. The highest BCUT2D eigenvalue weighted by atomic mass is 32.2. The molecule has 0 fully saturated rings. The summed E-state index contributed by atoms with van der Waals surface area (Å²) in [5.41, 5.74) is 2.03. The minimum absolute atomic E-state index is 0.417. The minimum atomic E-state index is -3.63. The summed E-state index contributed by atoms with van der Waals surface area (Å²) in [5.74, 6) is 0.288. The predicted molar refractivity (Wildman–Crippen MR) is 104 cm³/mol. The van der Waals surface area contributed by atoms with E-state index in [4.69, 9.17) is 4.74 Å². The Labute approximate surface area is 154 Å². The van der Waals surface area contributed by atoms with Crippen molar-refractivity contribution in [2.45, 2.75) is 26.8 Å². The van der Waals surface area contributed by atoms with Crippen LogP contribution in [0.5, 0.6) is 5.75 Å². The molecule has 6 nitrogen and oxygen atoms in total. The van der Waals surface area contributed by atoms with Gasteiger partial charge in [0.25, 0.3) is 0 Å². The number of hydrogen-bond acceptors (Lipinski definition) is 4. The van der Waals surface area contributed by atoms with Gasteiger partial charge in [0.2, 0.25) is 15.9 Å². The van der Waals surface area contributed by atoms with Gasteiger partial charge >= 0.3 is 0 Å². The lowest BCUT2D eigenvalue weighted by Crippen LogP contribution is -2.45. The van der Waals surface area contributed by atoms with Gasteiger partial charge in [-0.15, -0.1) is 0 Å². The zero-order valence-corrected chi connectivity index (χ0v) is 16.2. The minimum Gasteiger partial charge on any atom is -0.494 e. The number of nitrogens with zero attached hydrogens (tertiary/aromatic N) is 1. The second kappa shape index (κ2) is 8.23. The van der Waals surface area contributed by atoms with Crippen molar-refractivity contribution < 1.29 is 17.9 Å². The van der Waals surface area contributed by atoms with Crippen molar-refractivity contribution in [2.24, 2.45) is 0 Å². The van der Waals surface area contributed by atoms with Gasteiger partial charge in [-0.1, -0.05) is 17.7 Å². The lowest BCUT2D eigenvalue weighted by Gasteiger charge is -2.28. The van der Waals surface area contributed by atoms with Crippen molar-refractivity contribution in [3.05, 3.63) is 54.1 Å². The standard InChI is InChI=1S/C19H24N2O4S/c1-5-25-18-12-8-16(9-13-18)20-19(22)15(3)21(26(4,23)24)17-10-6-14(2)7-11-17/h6-13,15H,5H2,1-4H3,(H,20,22). The topological polar surface area (TPSA) is 75.7 Å². The van der Waals surface area contributed by atoms with Crippen LogP contribution in [0.25, 0.3) is 0 Å². The second-order valence-corrected chi connectivity index (χ2v) is 7.88. The van der Waals surface area contributed by atoms with E-state index >= 15 is 0 Å². The maximum atomic E-state index is 12.6. The van der Waals surface area contributed by atoms with Crippen LogP contribution in [0.2, 0.25) is 0 Å². The third kappa shape index (κ3) is 4.98. The third-order valence-corrected chi connectivity index (χ3v) is 5.05. The van der Waals surface area contributed by atoms with Gasteiger partial charge in [-0.05, 0) is 57.2 Å². The van der Waals surface area contributed by atoms with Crippen molar-refractivity contribution in [1.29, 1.82) is 0 Å². The molecule has 0 aromatic heterocycles. The molecule has 0 aliphatic rings. The Morgan fingerprint density at radius 1 is 1.12 bits per heavy atom. The lowest BCUT2D eigenvalue weighted by molar-refractivity contribution is -0.116. The summed E-state index contributed by atoms with van der Waals surface area (Å²) in [4.78, 5) is 12.6. The maximum Gasteiger partial charge on any atom is 0.247 e. The van der Waals surface area contributed by atoms with E-state index < -0.39 is 22.0 Å². The zero-order chi connectivity index (χ0) is 19.3. The van der Waals surface area contributed by atoms with Gasteiger partial charge in [0, 0.05) is 5.69 Å². The largest absolute Gasteiger partial charge is 0.494 e. The molecule has 0 saturated heterocycles. The zero-order valence-electron chi connectivity index (χ0n) is 15.4. The third-order valence-electron chi connectivity index (χ3n) is 3.81. The van der Waals surface area contributed by atoms with E-state index in [2.05, 4.69) is 5.32 Å². The van der Waals surface area contributed by atoms with Gasteiger partial charge in [-0.25, -0.2) is 8.42 Å². The van der Waals surface area contributed by atoms with E-state index in [1.54, 1.807) is 43.3 Å². The average molecular weight is 376 g/mol. The van der Waals surface area contributed by atoms with Crippen LogP contribution in [0.3, 0.4) is 0 Å².